The molecule has 0 unspecified atom stereocenters. The van der Waals surface area contributed by atoms with E-state index in [9.17, 15) is 9.59 Å². The molecule has 0 radical (unpaired) electrons. The minimum Gasteiger partial charge on any atom is -0.385 e. The summed E-state index contributed by atoms with van der Waals surface area (Å²) in [5.74, 6) is -0.235. The number of unbranched alkanes of at least 4 members (excludes halogenated alkanes) is 13. The van der Waals surface area contributed by atoms with E-state index in [0.717, 1.165) is 19.4 Å². The van der Waals surface area contributed by atoms with Gasteiger partial charge in [0.05, 0.1) is 6.54 Å². The van der Waals surface area contributed by atoms with Crippen LogP contribution in [-0.2, 0) is 9.53 Å². The predicted molar refractivity (Wildman–Crippen MR) is 147 cm³/mol. The molecule has 0 heterocycles. The van der Waals surface area contributed by atoms with Crippen molar-refractivity contribution in [1.82, 2.24) is 10.6 Å². The van der Waals surface area contributed by atoms with Gasteiger partial charge >= 0.3 is 0 Å². The van der Waals surface area contributed by atoms with Gasteiger partial charge in [0.1, 0.15) is 0 Å². The molecule has 200 valence electrons. The largest absolute Gasteiger partial charge is 0.385 e. The molecule has 0 aliphatic carbocycles. The van der Waals surface area contributed by atoms with Crippen LogP contribution in [0, 0.1) is 0 Å². The second-order valence-corrected chi connectivity index (χ2v) is 9.50. The number of rotatable bonds is 23. The first kappa shape index (κ1) is 31.1. The molecule has 0 aromatic heterocycles. The standard InChI is InChI=1S/C29H51N3O3/c1-3-4-5-6-7-8-9-10-11-12-13-14-15-16-21-30-25-28(33)32-27-20-17-19-26(24-27)29(34)31-22-18-23-35-2/h17,19-20,24,30H,3-16,18,21-23,25H2,1-2H3,(H,31,34)(H,32,33). The van der Waals surface area contributed by atoms with Gasteiger partial charge in [0.25, 0.3) is 5.91 Å². The van der Waals surface area contributed by atoms with E-state index in [2.05, 4.69) is 22.9 Å². The van der Waals surface area contributed by atoms with E-state index in [0.29, 0.717) is 24.4 Å². The maximum atomic E-state index is 12.2. The Labute approximate surface area is 214 Å². The Hall–Kier alpha value is -1.92. The van der Waals surface area contributed by atoms with Crippen molar-refractivity contribution in [2.75, 3.05) is 38.7 Å². The van der Waals surface area contributed by atoms with Crippen molar-refractivity contribution >= 4 is 17.5 Å². The van der Waals surface area contributed by atoms with E-state index in [1.165, 1.54) is 83.5 Å². The lowest BCUT2D eigenvalue weighted by Crippen LogP contribution is -2.29. The number of methoxy groups -OCH3 is 1. The molecule has 0 aliphatic heterocycles. The molecule has 0 bridgehead atoms. The summed E-state index contributed by atoms with van der Waals surface area (Å²) < 4.78 is 4.98. The number of ether oxygens (including phenoxy) is 1. The van der Waals surface area contributed by atoms with Crippen LogP contribution < -0.4 is 16.0 Å². The van der Waals surface area contributed by atoms with Crippen molar-refractivity contribution in [2.45, 2.75) is 103 Å². The molecule has 6 nitrogen and oxygen atoms in total. The summed E-state index contributed by atoms with van der Waals surface area (Å²) in [5.41, 5.74) is 1.17. The summed E-state index contributed by atoms with van der Waals surface area (Å²) in [7, 11) is 1.64. The number of benzene rings is 1. The summed E-state index contributed by atoms with van der Waals surface area (Å²) in [4.78, 5) is 24.4. The molecule has 0 fully saturated rings. The Morgan fingerprint density at radius 1 is 0.771 bits per heavy atom. The number of hydrogen-bond acceptors (Lipinski definition) is 4. The first-order chi connectivity index (χ1) is 17.2. The average Bonchev–Trinajstić information content (AvgIpc) is 2.86. The highest BCUT2D eigenvalue weighted by Gasteiger charge is 2.07. The first-order valence-corrected chi connectivity index (χ1v) is 14.0. The van der Waals surface area contributed by atoms with E-state index in [4.69, 9.17) is 4.74 Å². The lowest BCUT2D eigenvalue weighted by molar-refractivity contribution is -0.115. The van der Waals surface area contributed by atoms with Gasteiger partial charge in [-0.3, -0.25) is 9.59 Å². The first-order valence-electron chi connectivity index (χ1n) is 14.0. The number of carbonyl (C=O) groups excluding carboxylic acids is 2. The summed E-state index contributed by atoms with van der Waals surface area (Å²) >= 11 is 0. The Balaban J connectivity index is 1.99. The number of anilines is 1. The Morgan fingerprint density at radius 3 is 1.97 bits per heavy atom. The van der Waals surface area contributed by atoms with Crippen LogP contribution in [0.1, 0.15) is 114 Å². The molecule has 6 heteroatoms. The van der Waals surface area contributed by atoms with Gasteiger partial charge in [0.2, 0.25) is 5.91 Å². The molecular formula is C29H51N3O3. The van der Waals surface area contributed by atoms with E-state index in [-0.39, 0.29) is 18.4 Å². The molecule has 1 aromatic rings. The molecule has 1 aromatic carbocycles. The zero-order valence-electron chi connectivity index (χ0n) is 22.5. The van der Waals surface area contributed by atoms with Crippen LogP contribution in [0.2, 0.25) is 0 Å². The molecule has 0 atom stereocenters. The van der Waals surface area contributed by atoms with E-state index in [1.807, 2.05) is 0 Å². The number of amides is 2. The minimum absolute atomic E-state index is 0.0898. The van der Waals surface area contributed by atoms with Gasteiger partial charge in [-0.25, -0.2) is 0 Å². The minimum atomic E-state index is -0.145. The third-order valence-electron chi connectivity index (χ3n) is 6.21. The molecule has 0 saturated carbocycles. The fourth-order valence-corrected chi connectivity index (χ4v) is 4.11. The van der Waals surface area contributed by atoms with Gasteiger partial charge in [-0.15, -0.1) is 0 Å². The maximum absolute atomic E-state index is 12.2. The third kappa shape index (κ3) is 18.1. The van der Waals surface area contributed by atoms with Crippen LogP contribution in [-0.4, -0.2) is 45.2 Å². The number of hydrogen-bond donors (Lipinski definition) is 3. The van der Waals surface area contributed by atoms with Crippen LogP contribution in [0.25, 0.3) is 0 Å². The van der Waals surface area contributed by atoms with E-state index >= 15 is 0 Å². The monoisotopic (exact) mass is 489 g/mol. The van der Waals surface area contributed by atoms with Crippen LogP contribution in [0.5, 0.6) is 0 Å². The van der Waals surface area contributed by atoms with Crippen molar-refractivity contribution in [1.29, 1.82) is 0 Å². The summed E-state index contributed by atoms with van der Waals surface area (Å²) in [5, 5.41) is 8.94. The molecular weight excluding hydrogens is 438 g/mol. The van der Waals surface area contributed by atoms with Crippen LogP contribution in [0.4, 0.5) is 5.69 Å². The quantitative estimate of drug-likeness (QED) is 0.154. The molecule has 35 heavy (non-hydrogen) atoms. The lowest BCUT2D eigenvalue weighted by atomic mass is 10.0. The Bertz CT molecular complexity index is 666. The van der Waals surface area contributed by atoms with Crippen molar-refractivity contribution < 1.29 is 14.3 Å². The third-order valence-corrected chi connectivity index (χ3v) is 6.21. The zero-order chi connectivity index (χ0) is 25.4. The molecule has 0 spiro atoms. The van der Waals surface area contributed by atoms with Gasteiger partial charge in [0, 0.05) is 31.5 Å². The normalized spacial score (nSPS) is 10.9. The second kappa shape index (κ2) is 22.5. The number of carbonyl (C=O) groups is 2. The fraction of sp³-hybridized carbons (Fsp3) is 0.724. The van der Waals surface area contributed by atoms with Gasteiger partial charge in [-0.2, -0.15) is 0 Å². The van der Waals surface area contributed by atoms with Gasteiger partial charge in [0.15, 0.2) is 0 Å². The lowest BCUT2D eigenvalue weighted by Gasteiger charge is -2.09. The van der Waals surface area contributed by atoms with Crippen molar-refractivity contribution in [3.05, 3.63) is 29.8 Å². The molecule has 0 saturated heterocycles. The van der Waals surface area contributed by atoms with Crippen molar-refractivity contribution in [2.24, 2.45) is 0 Å². The highest BCUT2D eigenvalue weighted by Crippen LogP contribution is 2.13. The van der Waals surface area contributed by atoms with Crippen LogP contribution >= 0.6 is 0 Å². The maximum Gasteiger partial charge on any atom is 0.251 e. The Morgan fingerprint density at radius 2 is 1.37 bits per heavy atom. The fourth-order valence-electron chi connectivity index (χ4n) is 4.11. The highest BCUT2D eigenvalue weighted by molar-refractivity contribution is 5.97. The number of nitrogens with one attached hydrogen (secondary N) is 3. The smallest absolute Gasteiger partial charge is 0.251 e. The predicted octanol–water partition coefficient (Wildman–Crippen LogP) is 6.46. The molecule has 3 N–H and O–H groups in total. The zero-order valence-corrected chi connectivity index (χ0v) is 22.5. The van der Waals surface area contributed by atoms with Gasteiger partial charge in [-0.05, 0) is 37.6 Å². The topological polar surface area (TPSA) is 79.5 Å². The van der Waals surface area contributed by atoms with Gasteiger partial charge in [-0.1, -0.05) is 96.5 Å². The molecule has 2 amide bonds. The van der Waals surface area contributed by atoms with E-state index < -0.39 is 0 Å². The van der Waals surface area contributed by atoms with E-state index in [1.54, 1.807) is 31.4 Å². The van der Waals surface area contributed by atoms with Crippen LogP contribution in [0.3, 0.4) is 0 Å². The highest BCUT2D eigenvalue weighted by atomic mass is 16.5. The SMILES string of the molecule is CCCCCCCCCCCCCCCCNCC(=O)Nc1cccc(C(=O)NCCCOC)c1. The summed E-state index contributed by atoms with van der Waals surface area (Å²) in [6.45, 7) is 4.59. The van der Waals surface area contributed by atoms with Crippen LogP contribution in [0.15, 0.2) is 24.3 Å². The summed E-state index contributed by atoms with van der Waals surface area (Å²) in [6.07, 6.45) is 19.6. The molecule has 1 rings (SSSR count). The van der Waals surface area contributed by atoms with Gasteiger partial charge < -0.3 is 20.7 Å². The molecule has 0 aliphatic rings. The second-order valence-electron chi connectivity index (χ2n) is 9.50. The average molecular weight is 490 g/mol. The van der Waals surface area contributed by atoms with Crippen molar-refractivity contribution in [3.8, 4) is 0 Å². The van der Waals surface area contributed by atoms with Crippen molar-refractivity contribution in [3.63, 3.8) is 0 Å². The Kier molecular flexibility index (Phi) is 20.0. The summed E-state index contributed by atoms with van der Waals surface area (Å²) in [6, 6.07) is 7.03.